The molecule has 1 N–H and O–H groups in total. The molecule has 0 unspecified atom stereocenters. The molecule has 0 aliphatic carbocycles. The van der Waals surface area contributed by atoms with Crippen molar-refractivity contribution in [1.29, 1.82) is 0 Å². The molecule has 0 aromatic carbocycles. The molecule has 0 radical (unpaired) electrons. The van der Waals surface area contributed by atoms with Crippen LogP contribution < -0.4 is 5.32 Å². The summed E-state index contributed by atoms with van der Waals surface area (Å²) >= 11 is 0. The number of hydrogen-bond acceptors (Lipinski definition) is 3. The van der Waals surface area contributed by atoms with Crippen molar-refractivity contribution in [2.24, 2.45) is 0 Å². The van der Waals surface area contributed by atoms with Crippen LogP contribution in [0.3, 0.4) is 0 Å². The Hall–Kier alpha value is -1.78. The highest BCUT2D eigenvalue weighted by Gasteiger charge is 2.09. The van der Waals surface area contributed by atoms with Gasteiger partial charge in [-0.1, -0.05) is 6.92 Å². The van der Waals surface area contributed by atoms with Crippen LogP contribution in [0.5, 0.6) is 0 Å². The highest BCUT2D eigenvalue weighted by atomic mass is 15.3. The molecule has 2 rings (SSSR count). The molecular weight excluding hydrogens is 238 g/mol. The number of nitrogens with zero attached hydrogens (tertiary/aromatic N) is 4. The number of anilines is 1. The van der Waals surface area contributed by atoms with Crippen LogP contribution in [0.2, 0.25) is 0 Å². The predicted molar refractivity (Wildman–Crippen MR) is 77.2 cm³/mol. The number of hydrogen-bond donors (Lipinski definition) is 1. The molecule has 19 heavy (non-hydrogen) atoms. The van der Waals surface area contributed by atoms with E-state index in [4.69, 9.17) is 0 Å². The Balaban J connectivity index is 2.06. The van der Waals surface area contributed by atoms with E-state index in [9.17, 15) is 0 Å². The van der Waals surface area contributed by atoms with E-state index in [0.717, 1.165) is 25.3 Å². The lowest BCUT2D eigenvalue weighted by atomic mass is 10.2. The molecule has 0 amide bonds. The van der Waals surface area contributed by atoms with Crippen LogP contribution in [0.1, 0.15) is 44.5 Å². The lowest BCUT2D eigenvalue weighted by molar-refractivity contribution is 0.462. The van der Waals surface area contributed by atoms with Crippen LogP contribution in [0.15, 0.2) is 18.5 Å². The molecule has 5 heteroatoms. The SMILES string of the molecule is CC[C@@H](C)n1nccc1CNc1nn(CC)cc1C. The van der Waals surface area contributed by atoms with Crippen LogP contribution in [-0.4, -0.2) is 19.6 Å². The molecule has 2 aromatic rings. The molecular formula is C14H23N5. The first kappa shape index (κ1) is 13.6. The first-order valence-corrected chi connectivity index (χ1v) is 6.96. The van der Waals surface area contributed by atoms with Crippen molar-refractivity contribution in [2.75, 3.05) is 5.32 Å². The Morgan fingerprint density at radius 1 is 1.37 bits per heavy atom. The summed E-state index contributed by atoms with van der Waals surface area (Å²) in [4.78, 5) is 0. The van der Waals surface area contributed by atoms with Crippen molar-refractivity contribution in [3.05, 3.63) is 29.7 Å². The van der Waals surface area contributed by atoms with E-state index in [-0.39, 0.29) is 0 Å². The third kappa shape index (κ3) is 2.97. The van der Waals surface area contributed by atoms with Gasteiger partial charge >= 0.3 is 0 Å². The van der Waals surface area contributed by atoms with Gasteiger partial charge in [-0.25, -0.2) is 0 Å². The van der Waals surface area contributed by atoms with E-state index in [0.29, 0.717) is 6.04 Å². The quantitative estimate of drug-likeness (QED) is 0.869. The Labute approximate surface area is 114 Å². The smallest absolute Gasteiger partial charge is 0.151 e. The van der Waals surface area contributed by atoms with Gasteiger partial charge in [0.2, 0.25) is 0 Å². The van der Waals surface area contributed by atoms with Crippen LogP contribution in [0.4, 0.5) is 5.82 Å². The zero-order valence-electron chi connectivity index (χ0n) is 12.2. The average Bonchev–Trinajstić information content (AvgIpc) is 3.01. The van der Waals surface area contributed by atoms with Crippen molar-refractivity contribution in [3.8, 4) is 0 Å². The van der Waals surface area contributed by atoms with Crippen molar-refractivity contribution in [1.82, 2.24) is 19.6 Å². The largest absolute Gasteiger partial charge is 0.363 e. The Bertz CT molecular complexity index is 526. The highest BCUT2D eigenvalue weighted by Crippen LogP contribution is 2.16. The van der Waals surface area contributed by atoms with E-state index in [2.05, 4.69) is 60.2 Å². The minimum absolute atomic E-state index is 0.432. The summed E-state index contributed by atoms with van der Waals surface area (Å²) in [6, 6.07) is 2.49. The minimum atomic E-state index is 0.432. The maximum absolute atomic E-state index is 4.50. The summed E-state index contributed by atoms with van der Waals surface area (Å²) < 4.78 is 4.03. The fraction of sp³-hybridized carbons (Fsp3) is 0.571. The van der Waals surface area contributed by atoms with Crippen LogP contribution in [0.25, 0.3) is 0 Å². The van der Waals surface area contributed by atoms with Crippen LogP contribution in [-0.2, 0) is 13.1 Å². The summed E-state index contributed by atoms with van der Waals surface area (Å²) in [7, 11) is 0. The predicted octanol–water partition coefficient (Wildman–Crippen LogP) is 2.99. The van der Waals surface area contributed by atoms with E-state index < -0.39 is 0 Å². The van der Waals surface area contributed by atoms with Gasteiger partial charge in [0, 0.05) is 30.5 Å². The lowest BCUT2D eigenvalue weighted by Crippen LogP contribution is -2.13. The highest BCUT2D eigenvalue weighted by molar-refractivity contribution is 5.42. The molecule has 0 saturated carbocycles. The van der Waals surface area contributed by atoms with Gasteiger partial charge in [0.05, 0.1) is 12.2 Å². The molecule has 0 aliphatic heterocycles. The van der Waals surface area contributed by atoms with Crippen LogP contribution >= 0.6 is 0 Å². The van der Waals surface area contributed by atoms with E-state index in [1.165, 1.54) is 11.3 Å². The fourth-order valence-electron chi connectivity index (χ4n) is 2.08. The molecule has 2 heterocycles. The van der Waals surface area contributed by atoms with Gasteiger partial charge in [0.15, 0.2) is 5.82 Å². The molecule has 0 aliphatic rings. The third-order valence-electron chi connectivity index (χ3n) is 3.47. The number of aromatic nitrogens is 4. The molecule has 0 saturated heterocycles. The summed E-state index contributed by atoms with van der Waals surface area (Å²) in [5.74, 6) is 0.957. The Morgan fingerprint density at radius 3 is 2.79 bits per heavy atom. The average molecular weight is 261 g/mol. The number of rotatable bonds is 6. The van der Waals surface area contributed by atoms with Gasteiger partial charge in [-0.2, -0.15) is 10.2 Å². The first-order valence-electron chi connectivity index (χ1n) is 6.96. The topological polar surface area (TPSA) is 47.7 Å². The normalized spacial score (nSPS) is 12.6. The first-order chi connectivity index (χ1) is 9.15. The Morgan fingerprint density at radius 2 is 2.16 bits per heavy atom. The molecule has 104 valence electrons. The summed E-state index contributed by atoms with van der Waals surface area (Å²) in [6.07, 6.45) is 5.01. The van der Waals surface area contributed by atoms with E-state index in [1.54, 1.807) is 0 Å². The zero-order chi connectivity index (χ0) is 13.8. The van der Waals surface area contributed by atoms with Crippen molar-refractivity contribution >= 4 is 5.82 Å². The van der Waals surface area contributed by atoms with E-state index in [1.807, 2.05) is 10.9 Å². The van der Waals surface area contributed by atoms with Gasteiger partial charge in [0.25, 0.3) is 0 Å². The second-order valence-electron chi connectivity index (χ2n) is 4.89. The molecule has 0 spiro atoms. The summed E-state index contributed by atoms with van der Waals surface area (Å²) in [5.41, 5.74) is 2.37. The second kappa shape index (κ2) is 5.91. The van der Waals surface area contributed by atoms with Gasteiger partial charge in [0.1, 0.15) is 0 Å². The molecule has 2 aromatic heterocycles. The molecule has 5 nitrogen and oxygen atoms in total. The van der Waals surface area contributed by atoms with Crippen molar-refractivity contribution in [2.45, 2.75) is 53.2 Å². The zero-order valence-corrected chi connectivity index (χ0v) is 12.2. The monoisotopic (exact) mass is 261 g/mol. The summed E-state index contributed by atoms with van der Waals surface area (Å²) in [5, 5.41) is 12.3. The van der Waals surface area contributed by atoms with Gasteiger partial charge in [-0.05, 0) is 33.3 Å². The van der Waals surface area contributed by atoms with Crippen LogP contribution in [0, 0.1) is 6.92 Å². The van der Waals surface area contributed by atoms with Gasteiger partial charge in [-0.15, -0.1) is 0 Å². The lowest BCUT2D eigenvalue weighted by Gasteiger charge is -2.14. The maximum atomic E-state index is 4.50. The second-order valence-corrected chi connectivity index (χ2v) is 4.89. The standard InChI is InChI=1S/C14H23N5/c1-5-12(4)19-13(7-8-16-19)9-15-14-11(3)10-18(6-2)17-14/h7-8,10,12H,5-6,9H2,1-4H3,(H,15,17)/t12-/m1/s1. The van der Waals surface area contributed by atoms with Gasteiger partial charge in [-0.3, -0.25) is 9.36 Å². The van der Waals surface area contributed by atoms with Crippen molar-refractivity contribution < 1.29 is 0 Å². The molecule has 0 bridgehead atoms. The van der Waals surface area contributed by atoms with Crippen molar-refractivity contribution in [3.63, 3.8) is 0 Å². The maximum Gasteiger partial charge on any atom is 0.151 e. The third-order valence-corrected chi connectivity index (χ3v) is 3.47. The number of nitrogens with one attached hydrogen (secondary N) is 1. The summed E-state index contributed by atoms with van der Waals surface area (Å²) in [6.45, 7) is 10.2. The number of aryl methyl sites for hydroxylation is 2. The fourth-order valence-corrected chi connectivity index (χ4v) is 2.08. The Kier molecular flexibility index (Phi) is 4.24. The van der Waals surface area contributed by atoms with E-state index >= 15 is 0 Å². The van der Waals surface area contributed by atoms with Gasteiger partial charge < -0.3 is 5.32 Å². The minimum Gasteiger partial charge on any atom is -0.363 e. The molecule has 1 atom stereocenters. The molecule has 0 fully saturated rings.